The third kappa shape index (κ3) is 2.26. The molecule has 2 N–H and O–H groups in total. The van der Waals surface area contributed by atoms with Gasteiger partial charge in [-0.2, -0.15) is 0 Å². The van der Waals surface area contributed by atoms with Crippen LogP contribution in [-0.4, -0.2) is 15.2 Å². The second-order valence-corrected chi connectivity index (χ2v) is 7.01. The van der Waals surface area contributed by atoms with Gasteiger partial charge in [-0.15, -0.1) is 23.1 Å². The van der Waals surface area contributed by atoms with Gasteiger partial charge in [-0.3, -0.25) is 0 Å². The molecule has 3 nitrogen and oxygen atoms in total. The smallest absolute Gasteiger partial charge is 0.222 e. The van der Waals surface area contributed by atoms with Crippen molar-refractivity contribution in [2.75, 3.05) is 5.73 Å². The van der Waals surface area contributed by atoms with Crippen molar-refractivity contribution in [2.24, 2.45) is 0 Å². The van der Waals surface area contributed by atoms with Gasteiger partial charge in [0.1, 0.15) is 9.86 Å². The summed E-state index contributed by atoms with van der Waals surface area (Å²) in [4.78, 5) is 11.0. The minimum atomic E-state index is 0.403. The molecule has 17 heavy (non-hydrogen) atoms. The Morgan fingerprint density at radius 2 is 2.12 bits per heavy atom. The van der Waals surface area contributed by atoms with Gasteiger partial charge >= 0.3 is 0 Å². The average molecular weight is 265 g/mol. The predicted octanol–water partition coefficient (Wildman–Crippen LogP) is 3.62. The van der Waals surface area contributed by atoms with Crippen LogP contribution in [-0.2, 0) is 0 Å². The van der Waals surface area contributed by atoms with Crippen LogP contribution in [0.1, 0.15) is 30.6 Å². The number of aryl methyl sites for hydroxylation is 1. The molecule has 1 fully saturated rings. The van der Waals surface area contributed by atoms with Crippen molar-refractivity contribution in [2.45, 2.75) is 42.9 Å². The van der Waals surface area contributed by atoms with Gasteiger partial charge in [-0.25, -0.2) is 9.97 Å². The molecule has 2 aromatic rings. The molecule has 0 aromatic carbocycles. The Bertz CT molecular complexity index is 544. The molecular formula is C12H15N3S2. The van der Waals surface area contributed by atoms with E-state index < -0.39 is 0 Å². The highest BCUT2D eigenvalue weighted by Gasteiger charge is 2.19. The summed E-state index contributed by atoms with van der Waals surface area (Å²) in [6, 6.07) is 2.18. The largest absolute Gasteiger partial charge is 0.368 e. The molecule has 0 atom stereocenters. The number of aromatic nitrogens is 2. The first-order chi connectivity index (χ1) is 8.22. The number of thioether (sulfide) groups is 1. The minimum Gasteiger partial charge on any atom is -0.368 e. The van der Waals surface area contributed by atoms with Gasteiger partial charge < -0.3 is 5.73 Å². The molecule has 0 unspecified atom stereocenters. The van der Waals surface area contributed by atoms with Gasteiger partial charge in [0.2, 0.25) is 5.95 Å². The summed E-state index contributed by atoms with van der Waals surface area (Å²) in [6.07, 6.45) is 5.31. The van der Waals surface area contributed by atoms with Crippen molar-refractivity contribution in [3.05, 3.63) is 10.9 Å². The second kappa shape index (κ2) is 4.46. The number of nitrogens with zero attached hydrogens (tertiary/aromatic N) is 2. The summed E-state index contributed by atoms with van der Waals surface area (Å²) >= 11 is 3.58. The lowest BCUT2D eigenvalue weighted by Crippen LogP contribution is -1.99. The van der Waals surface area contributed by atoms with Gasteiger partial charge in [0, 0.05) is 15.5 Å². The van der Waals surface area contributed by atoms with Crippen LogP contribution in [0.5, 0.6) is 0 Å². The summed E-state index contributed by atoms with van der Waals surface area (Å²) in [5, 5.41) is 2.97. The summed E-state index contributed by atoms with van der Waals surface area (Å²) in [6.45, 7) is 2.10. The minimum absolute atomic E-state index is 0.403. The van der Waals surface area contributed by atoms with Gasteiger partial charge in [-0.05, 0) is 25.8 Å². The normalized spacial score (nSPS) is 17.0. The molecule has 2 heterocycles. The lowest BCUT2D eigenvalue weighted by molar-refractivity contribution is 0.886. The second-order valence-electron chi connectivity index (χ2n) is 4.49. The van der Waals surface area contributed by atoms with Crippen molar-refractivity contribution in [3.63, 3.8) is 0 Å². The van der Waals surface area contributed by atoms with Gasteiger partial charge in [0.05, 0.1) is 0 Å². The molecular weight excluding hydrogens is 250 g/mol. The van der Waals surface area contributed by atoms with Crippen molar-refractivity contribution in [1.29, 1.82) is 0 Å². The lowest BCUT2D eigenvalue weighted by Gasteiger charge is -2.08. The standard InChI is InChI=1S/C12H15N3S2/c1-7-6-9-10(16-7)14-12(13)15-11(9)17-8-4-2-3-5-8/h6,8H,2-5H2,1H3,(H2,13,14,15). The Kier molecular flexibility index (Phi) is 2.96. The highest BCUT2D eigenvalue weighted by Crippen LogP contribution is 2.38. The van der Waals surface area contributed by atoms with Crippen LogP contribution in [0, 0.1) is 6.92 Å². The molecule has 0 bridgehead atoms. The molecule has 0 spiro atoms. The molecule has 0 saturated heterocycles. The molecule has 5 heteroatoms. The van der Waals surface area contributed by atoms with E-state index in [-0.39, 0.29) is 0 Å². The Morgan fingerprint density at radius 1 is 1.35 bits per heavy atom. The van der Waals surface area contributed by atoms with E-state index in [0.29, 0.717) is 11.2 Å². The third-order valence-electron chi connectivity index (χ3n) is 3.08. The summed E-state index contributed by atoms with van der Waals surface area (Å²) < 4.78 is 0. The molecule has 90 valence electrons. The number of hydrogen-bond acceptors (Lipinski definition) is 5. The molecule has 1 aliphatic rings. The first kappa shape index (κ1) is 11.3. The van der Waals surface area contributed by atoms with Crippen LogP contribution in [0.15, 0.2) is 11.1 Å². The monoisotopic (exact) mass is 265 g/mol. The van der Waals surface area contributed by atoms with Crippen LogP contribution in [0.4, 0.5) is 5.95 Å². The zero-order valence-electron chi connectivity index (χ0n) is 9.77. The van der Waals surface area contributed by atoms with Crippen LogP contribution < -0.4 is 5.73 Å². The average Bonchev–Trinajstić information content (AvgIpc) is 2.86. The maximum absolute atomic E-state index is 5.78. The molecule has 0 radical (unpaired) electrons. The number of nitrogen functional groups attached to an aromatic ring is 1. The molecule has 0 aliphatic heterocycles. The lowest BCUT2D eigenvalue weighted by atomic mass is 10.4. The van der Waals surface area contributed by atoms with Crippen LogP contribution in [0.2, 0.25) is 0 Å². The molecule has 1 aliphatic carbocycles. The molecule has 1 saturated carbocycles. The van der Waals surface area contributed by atoms with Crippen LogP contribution >= 0.6 is 23.1 Å². The Hall–Kier alpha value is -0.810. The molecule has 2 aromatic heterocycles. The van der Waals surface area contributed by atoms with Gasteiger partial charge in [0.15, 0.2) is 0 Å². The first-order valence-corrected chi connectivity index (χ1v) is 7.62. The first-order valence-electron chi connectivity index (χ1n) is 5.93. The number of nitrogens with two attached hydrogens (primary N) is 1. The summed E-state index contributed by atoms with van der Waals surface area (Å²) in [5.41, 5.74) is 5.78. The number of hydrogen-bond donors (Lipinski definition) is 1. The molecule has 3 rings (SSSR count). The fourth-order valence-corrected chi connectivity index (χ4v) is 4.55. The van der Waals surface area contributed by atoms with Gasteiger partial charge in [-0.1, -0.05) is 12.8 Å². The van der Waals surface area contributed by atoms with E-state index >= 15 is 0 Å². The SMILES string of the molecule is Cc1cc2c(SC3CCCC3)nc(N)nc2s1. The van der Waals surface area contributed by atoms with E-state index in [0.717, 1.165) is 9.86 Å². The number of anilines is 1. The maximum atomic E-state index is 5.78. The zero-order chi connectivity index (χ0) is 11.8. The van der Waals surface area contributed by atoms with E-state index in [1.165, 1.54) is 35.9 Å². The Morgan fingerprint density at radius 3 is 2.88 bits per heavy atom. The molecule has 0 amide bonds. The summed E-state index contributed by atoms with van der Waals surface area (Å²) in [5.74, 6) is 0.403. The number of thiophene rings is 1. The van der Waals surface area contributed by atoms with Crippen molar-refractivity contribution >= 4 is 39.3 Å². The zero-order valence-corrected chi connectivity index (χ0v) is 11.4. The van der Waals surface area contributed by atoms with E-state index in [2.05, 4.69) is 23.0 Å². The van der Waals surface area contributed by atoms with E-state index in [1.54, 1.807) is 11.3 Å². The fraction of sp³-hybridized carbons (Fsp3) is 0.500. The van der Waals surface area contributed by atoms with Crippen molar-refractivity contribution < 1.29 is 0 Å². The van der Waals surface area contributed by atoms with Crippen LogP contribution in [0.25, 0.3) is 10.2 Å². The van der Waals surface area contributed by atoms with E-state index in [4.69, 9.17) is 5.73 Å². The van der Waals surface area contributed by atoms with E-state index in [9.17, 15) is 0 Å². The Balaban J connectivity index is 2.01. The van der Waals surface area contributed by atoms with Crippen molar-refractivity contribution in [3.8, 4) is 0 Å². The topological polar surface area (TPSA) is 51.8 Å². The Labute approximate surface area is 109 Å². The predicted molar refractivity (Wildman–Crippen MR) is 74.7 cm³/mol. The summed E-state index contributed by atoms with van der Waals surface area (Å²) in [7, 11) is 0. The van der Waals surface area contributed by atoms with Crippen molar-refractivity contribution in [1.82, 2.24) is 9.97 Å². The van der Waals surface area contributed by atoms with E-state index in [1.807, 2.05) is 11.8 Å². The third-order valence-corrected chi connectivity index (χ3v) is 5.36. The number of rotatable bonds is 2. The number of fused-ring (bicyclic) bond motifs is 1. The highest BCUT2D eigenvalue weighted by atomic mass is 32.2. The van der Waals surface area contributed by atoms with Gasteiger partial charge in [0.25, 0.3) is 0 Å². The maximum Gasteiger partial charge on any atom is 0.222 e. The van der Waals surface area contributed by atoms with Crippen LogP contribution in [0.3, 0.4) is 0 Å². The fourth-order valence-electron chi connectivity index (χ4n) is 2.29. The quantitative estimate of drug-likeness (QED) is 0.843. The highest BCUT2D eigenvalue weighted by molar-refractivity contribution is 8.00.